The number of hydrogen-bond acceptors (Lipinski definition) is 13. The molecule has 7 aromatic carbocycles. The van der Waals surface area contributed by atoms with E-state index in [0.717, 1.165) is 0 Å². The molecule has 14 nitrogen and oxygen atoms in total. The molecule has 0 saturated heterocycles. The first-order valence-corrected chi connectivity index (χ1v) is 20.6. The van der Waals surface area contributed by atoms with Gasteiger partial charge in [0.1, 0.15) is 0 Å². The fourth-order valence-corrected chi connectivity index (χ4v) is 8.64. The first-order chi connectivity index (χ1) is 32.1. The van der Waals surface area contributed by atoms with Crippen LogP contribution in [0.25, 0.3) is 0 Å². The van der Waals surface area contributed by atoms with Crippen LogP contribution in [0.4, 0.5) is 40.6 Å². The maximum absolute atomic E-state index is 14.4. The SMILES string of the molecule is O=C(Nc1cccc2c1C(=O)c1cccc(Nc3nc(Nc4cccc5c4C(=O)c4ccccc4C5=O)nc(Nc4cccc5c4C(=O)c4ccccc4C5=O)n3)c1C2=O)c1ccccc1. The molecule has 0 unspecified atom stereocenters. The standard InChI is InChI=1S/C52H29N7O7/c60-43-27-14-4-6-16-29(27)45(62)39-31(43)18-8-23-36(39)54-50-57-51(55-37-24-9-19-32-40(37)46(63)30-17-7-5-15-28(30)44(32)61)59-52(58-50)56-38-25-11-21-34-42(38)48(65)33-20-10-22-35(41(33)47(34)64)53-49(66)26-12-2-1-3-13-26/h1-25H,(H,53,66)(H3,54,55,56,57,58,59). The van der Waals surface area contributed by atoms with Crippen LogP contribution in [0.3, 0.4) is 0 Å². The van der Waals surface area contributed by atoms with E-state index >= 15 is 0 Å². The Morgan fingerprint density at radius 1 is 0.303 bits per heavy atom. The lowest BCUT2D eigenvalue weighted by Crippen LogP contribution is -2.25. The molecule has 0 saturated carbocycles. The van der Waals surface area contributed by atoms with E-state index in [1.165, 1.54) is 12.1 Å². The number of carbonyl (C=O) groups excluding carboxylic acids is 7. The highest BCUT2D eigenvalue weighted by atomic mass is 16.2. The molecule has 11 rings (SSSR count). The van der Waals surface area contributed by atoms with Crippen LogP contribution in [0, 0.1) is 0 Å². The van der Waals surface area contributed by atoms with Crippen molar-refractivity contribution in [3.63, 3.8) is 0 Å². The lowest BCUT2D eigenvalue weighted by Gasteiger charge is -2.23. The van der Waals surface area contributed by atoms with Gasteiger partial charge in [-0.3, -0.25) is 33.6 Å². The molecule has 66 heavy (non-hydrogen) atoms. The number of hydrogen-bond donors (Lipinski definition) is 4. The van der Waals surface area contributed by atoms with Crippen LogP contribution in [0.5, 0.6) is 0 Å². The van der Waals surface area contributed by atoms with E-state index in [2.05, 4.69) is 36.2 Å². The average Bonchev–Trinajstić information content (AvgIpc) is 3.34. The topological polar surface area (TPSA) is 206 Å². The number of rotatable bonds is 8. The van der Waals surface area contributed by atoms with Crippen molar-refractivity contribution < 1.29 is 33.6 Å². The molecular weight excluding hydrogens is 835 g/mol. The van der Waals surface area contributed by atoms with Crippen molar-refractivity contribution in [1.29, 1.82) is 0 Å². The molecule has 1 amide bonds. The number of anilines is 7. The number of fused-ring (bicyclic) bond motifs is 6. The van der Waals surface area contributed by atoms with Gasteiger partial charge in [-0.05, 0) is 36.4 Å². The molecule has 0 atom stereocenters. The summed E-state index contributed by atoms with van der Waals surface area (Å²) in [5, 5.41) is 12.1. The fraction of sp³-hybridized carbons (Fsp3) is 0. The molecule has 1 heterocycles. The minimum atomic E-state index is -0.511. The Morgan fingerprint density at radius 2 is 0.591 bits per heavy atom. The van der Waals surface area contributed by atoms with Gasteiger partial charge < -0.3 is 21.3 Å². The zero-order valence-electron chi connectivity index (χ0n) is 34.1. The van der Waals surface area contributed by atoms with Gasteiger partial charge in [-0.25, -0.2) is 0 Å². The molecule has 1 aromatic heterocycles. The van der Waals surface area contributed by atoms with Crippen LogP contribution < -0.4 is 21.3 Å². The Morgan fingerprint density at radius 3 is 0.985 bits per heavy atom. The van der Waals surface area contributed by atoms with Gasteiger partial charge in [0.05, 0.1) is 45.0 Å². The van der Waals surface area contributed by atoms with E-state index in [4.69, 9.17) is 0 Å². The van der Waals surface area contributed by atoms with Crippen molar-refractivity contribution in [1.82, 2.24) is 15.0 Å². The lowest BCUT2D eigenvalue weighted by molar-refractivity contribution is 0.0979. The van der Waals surface area contributed by atoms with E-state index in [9.17, 15) is 33.6 Å². The van der Waals surface area contributed by atoms with Gasteiger partial charge in [0.15, 0.2) is 34.7 Å². The number of nitrogens with one attached hydrogen (secondary N) is 4. The summed E-state index contributed by atoms with van der Waals surface area (Å²) in [6.07, 6.45) is 0. The van der Waals surface area contributed by atoms with Gasteiger partial charge in [0.2, 0.25) is 17.8 Å². The van der Waals surface area contributed by atoms with Gasteiger partial charge in [-0.1, -0.05) is 115 Å². The summed E-state index contributed by atoms with van der Waals surface area (Å²) in [6.45, 7) is 0. The van der Waals surface area contributed by atoms with Crippen LogP contribution in [-0.2, 0) is 0 Å². The van der Waals surface area contributed by atoms with E-state index in [-0.39, 0.29) is 119 Å². The summed E-state index contributed by atoms with van der Waals surface area (Å²) in [5.41, 5.74) is 2.89. The number of amides is 1. The van der Waals surface area contributed by atoms with E-state index in [1.807, 2.05) is 0 Å². The Hall–Kier alpha value is -9.56. The quantitative estimate of drug-likeness (QED) is 0.113. The molecule has 314 valence electrons. The van der Waals surface area contributed by atoms with Gasteiger partial charge in [-0.2, -0.15) is 15.0 Å². The average molecular weight is 864 g/mol. The summed E-state index contributed by atoms with van der Waals surface area (Å²) in [7, 11) is 0. The number of benzene rings is 7. The van der Waals surface area contributed by atoms with Crippen LogP contribution in [0.1, 0.15) is 106 Å². The van der Waals surface area contributed by atoms with Crippen LogP contribution >= 0.6 is 0 Å². The monoisotopic (exact) mass is 863 g/mol. The second-order valence-corrected chi connectivity index (χ2v) is 15.5. The number of aromatic nitrogens is 3. The molecule has 4 N–H and O–H groups in total. The Balaban J connectivity index is 0.992. The highest BCUT2D eigenvalue weighted by Gasteiger charge is 2.36. The third-order valence-corrected chi connectivity index (χ3v) is 11.6. The molecular formula is C52H29N7O7. The second-order valence-electron chi connectivity index (χ2n) is 15.5. The van der Waals surface area contributed by atoms with E-state index < -0.39 is 29.0 Å². The number of nitrogens with zero attached hydrogens (tertiary/aromatic N) is 3. The van der Waals surface area contributed by atoms with Crippen molar-refractivity contribution >= 4 is 81.2 Å². The van der Waals surface area contributed by atoms with Crippen molar-refractivity contribution in [2.24, 2.45) is 0 Å². The first-order valence-electron chi connectivity index (χ1n) is 20.6. The lowest BCUT2D eigenvalue weighted by atomic mass is 9.82. The molecule has 0 spiro atoms. The molecule has 0 aliphatic heterocycles. The minimum absolute atomic E-state index is 0.0192. The van der Waals surface area contributed by atoms with Crippen LogP contribution in [-0.4, -0.2) is 55.6 Å². The normalized spacial score (nSPS) is 13.1. The van der Waals surface area contributed by atoms with Crippen molar-refractivity contribution in [2.45, 2.75) is 0 Å². The molecule has 0 fully saturated rings. The maximum Gasteiger partial charge on any atom is 0.255 e. The van der Waals surface area contributed by atoms with Crippen LogP contribution in [0.15, 0.2) is 152 Å². The number of ketones is 6. The first kappa shape index (κ1) is 39.3. The number of carbonyl (C=O) groups is 7. The predicted octanol–water partition coefficient (Wildman–Crippen LogP) is 8.68. The maximum atomic E-state index is 14.4. The summed E-state index contributed by atoms with van der Waals surface area (Å²) >= 11 is 0. The van der Waals surface area contributed by atoms with Crippen molar-refractivity contribution in [3.8, 4) is 0 Å². The fourth-order valence-electron chi connectivity index (χ4n) is 8.64. The zero-order chi connectivity index (χ0) is 45.2. The van der Waals surface area contributed by atoms with Gasteiger partial charge in [0, 0.05) is 50.1 Å². The molecule has 8 aromatic rings. The molecule has 0 bridgehead atoms. The third kappa shape index (κ3) is 6.35. The molecule has 3 aliphatic carbocycles. The zero-order valence-corrected chi connectivity index (χ0v) is 34.1. The smallest absolute Gasteiger partial charge is 0.255 e. The van der Waals surface area contributed by atoms with Crippen molar-refractivity contribution in [2.75, 3.05) is 21.3 Å². The van der Waals surface area contributed by atoms with Crippen LogP contribution in [0.2, 0.25) is 0 Å². The summed E-state index contributed by atoms with van der Waals surface area (Å²) in [4.78, 5) is 111. The van der Waals surface area contributed by atoms with Gasteiger partial charge >= 0.3 is 0 Å². The van der Waals surface area contributed by atoms with Crippen molar-refractivity contribution in [3.05, 3.63) is 224 Å². The summed E-state index contributed by atoms with van der Waals surface area (Å²) in [5.74, 6) is -3.33. The minimum Gasteiger partial charge on any atom is -0.323 e. The van der Waals surface area contributed by atoms with E-state index in [0.29, 0.717) is 5.56 Å². The van der Waals surface area contributed by atoms with E-state index in [1.54, 1.807) is 140 Å². The molecule has 0 radical (unpaired) electrons. The molecule has 14 heteroatoms. The second kappa shape index (κ2) is 15.4. The highest BCUT2D eigenvalue weighted by Crippen LogP contribution is 2.38. The summed E-state index contributed by atoms with van der Waals surface area (Å²) in [6, 6.07) is 40.4. The van der Waals surface area contributed by atoms with Gasteiger partial charge in [0.25, 0.3) is 5.91 Å². The predicted molar refractivity (Wildman–Crippen MR) is 243 cm³/mol. The summed E-state index contributed by atoms with van der Waals surface area (Å²) < 4.78 is 0. The van der Waals surface area contributed by atoms with Gasteiger partial charge in [-0.15, -0.1) is 0 Å². The molecule has 3 aliphatic rings. The highest BCUT2D eigenvalue weighted by molar-refractivity contribution is 6.33. The third-order valence-electron chi connectivity index (χ3n) is 11.6. The largest absolute Gasteiger partial charge is 0.323 e. The Labute approximate surface area is 373 Å². The Bertz CT molecular complexity index is 3390. The Kier molecular flexibility index (Phi) is 9.14.